The van der Waals surface area contributed by atoms with Gasteiger partial charge in [-0.15, -0.1) is 0 Å². The molecular weight excluding hydrogens is 218 g/mol. The van der Waals surface area contributed by atoms with E-state index >= 15 is 0 Å². The molecule has 96 valence electrons. The molecule has 0 bridgehead atoms. The van der Waals surface area contributed by atoms with E-state index in [0.717, 1.165) is 4.90 Å². The van der Waals surface area contributed by atoms with E-state index in [1.807, 2.05) is 0 Å². The predicted molar refractivity (Wildman–Crippen MR) is 57.1 cm³/mol. The summed E-state index contributed by atoms with van der Waals surface area (Å²) in [6.07, 6.45) is -1.30. The summed E-state index contributed by atoms with van der Waals surface area (Å²) in [5.74, 6) is -0.670. The Hall–Kier alpha value is -0.750. The standard InChI is InChI=1S/C10H20F2N2O2/c1-8(3-2-4-13)10(16)14(5-6-15)7-9(11)12/h8-9,15H,2-7,13H2,1H3. The van der Waals surface area contributed by atoms with Crippen molar-refractivity contribution < 1.29 is 18.7 Å². The fraction of sp³-hybridized carbons (Fsp3) is 0.900. The van der Waals surface area contributed by atoms with Gasteiger partial charge in [0.05, 0.1) is 13.2 Å². The van der Waals surface area contributed by atoms with Gasteiger partial charge in [-0.2, -0.15) is 0 Å². The quantitative estimate of drug-likeness (QED) is 0.645. The van der Waals surface area contributed by atoms with Crippen molar-refractivity contribution in [3.63, 3.8) is 0 Å². The number of amides is 1. The topological polar surface area (TPSA) is 66.6 Å². The first-order valence-corrected chi connectivity index (χ1v) is 5.40. The van der Waals surface area contributed by atoms with Crippen LogP contribution in [0.2, 0.25) is 0 Å². The smallest absolute Gasteiger partial charge is 0.255 e. The lowest BCUT2D eigenvalue weighted by Crippen LogP contribution is -2.40. The van der Waals surface area contributed by atoms with Gasteiger partial charge in [-0.05, 0) is 19.4 Å². The van der Waals surface area contributed by atoms with E-state index in [4.69, 9.17) is 10.8 Å². The van der Waals surface area contributed by atoms with Crippen LogP contribution in [0.25, 0.3) is 0 Å². The molecule has 1 atom stereocenters. The molecule has 1 unspecified atom stereocenters. The number of aliphatic hydroxyl groups is 1. The van der Waals surface area contributed by atoms with Crippen molar-refractivity contribution in [2.24, 2.45) is 11.7 Å². The Kier molecular flexibility index (Phi) is 8.01. The molecule has 3 N–H and O–H groups in total. The van der Waals surface area contributed by atoms with Crippen molar-refractivity contribution in [2.75, 3.05) is 26.2 Å². The highest BCUT2D eigenvalue weighted by Crippen LogP contribution is 2.10. The Labute approximate surface area is 94.4 Å². The Balaban J connectivity index is 4.23. The molecule has 0 saturated carbocycles. The second-order valence-electron chi connectivity index (χ2n) is 3.73. The van der Waals surface area contributed by atoms with Crippen LogP contribution in [0.3, 0.4) is 0 Å². The molecule has 0 saturated heterocycles. The fourth-order valence-corrected chi connectivity index (χ4v) is 1.44. The molecule has 1 amide bonds. The number of nitrogens with two attached hydrogens (primary N) is 1. The van der Waals surface area contributed by atoms with E-state index < -0.39 is 13.0 Å². The van der Waals surface area contributed by atoms with Gasteiger partial charge in [-0.25, -0.2) is 8.78 Å². The van der Waals surface area contributed by atoms with E-state index in [0.29, 0.717) is 19.4 Å². The Morgan fingerprint density at radius 1 is 1.50 bits per heavy atom. The summed E-state index contributed by atoms with van der Waals surface area (Å²) >= 11 is 0. The van der Waals surface area contributed by atoms with Crippen LogP contribution < -0.4 is 5.73 Å². The summed E-state index contributed by atoms with van der Waals surface area (Å²) in [5, 5.41) is 8.70. The zero-order valence-corrected chi connectivity index (χ0v) is 9.53. The highest BCUT2D eigenvalue weighted by Gasteiger charge is 2.22. The molecule has 0 spiro atoms. The Morgan fingerprint density at radius 3 is 2.56 bits per heavy atom. The van der Waals surface area contributed by atoms with Gasteiger partial charge >= 0.3 is 0 Å². The molecule has 0 aliphatic heterocycles. The van der Waals surface area contributed by atoms with Crippen molar-refractivity contribution in [1.82, 2.24) is 4.90 Å². The van der Waals surface area contributed by atoms with Gasteiger partial charge < -0.3 is 15.7 Å². The fourth-order valence-electron chi connectivity index (χ4n) is 1.44. The van der Waals surface area contributed by atoms with Crippen LogP contribution in [0.1, 0.15) is 19.8 Å². The first-order valence-electron chi connectivity index (χ1n) is 5.40. The summed E-state index contributed by atoms with van der Waals surface area (Å²) in [6.45, 7) is 1.20. The van der Waals surface area contributed by atoms with Crippen molar-refractivity contribution in [3.05, 3.63) is 0 Å². The van der Waals surface area contributed by atoms with Gasteiger partial charge in [0.2, 0.25) is 5.91 Å². The van der Waals surface area contributed by atoms with E-state index in [2.05, 4.69) is 0 Å². The Morgan fingerprint density at radius 2 is 2.12 bits per heavy atom. The van der Waals surface area contributed by atoms with Gasteiger partial charge in [0, 0.05) is 12.5 Å². The number of nitrogens with zero attached hydrogens (tertiary/aromatic N) is 1. The number of carbonyl (C=O) groups excluding carboxylic acids is 1. The lowest BCUT2D eigenvalue weighted by Gasteiger charge is -2.24. The van der Waals surface area contributed by atoms with E-state index in [9.17, 15) is 13.6 Å². The molecule has 0 aliphatic carbocycles. The molecule has 0 fully saturated rings. The van der Waals surface area contributed by atoms with Crippen LogP contribution in [-0.4, -0.2) is 48.6 Å². The van der Waals surface area contributed by atoms with Gasteiger partial charge in [0.25, 0.3) is 6.43 Å². The van der Waals surface area contributed by atoms with Crippen molar-refractivity contribution in [2.45, 2.75) is 26.2 Å². The molecule has 6 heteroatoms. The average molecular weight is 238 g/mol. The van der Waals surface area contributed by atoms with Crippen molar-refractivity contribution in [3.8, 4) is 0 Å². The summed E-state index contributed by atoms with van der Waals surface area (Å²) < 4.78 is 24.4. The van der Waals surface area contributed by atoms with E-state index in [1.54, 1.807) is 6.92 Å². The minimum Gasteiger partial charge on any atom is -0.395 e. The number of carbonyl (C=O) groups is 1. The van der Waals surface area contributed by atoms with Crippen LogP contribution >= 0.6 is 0 Å². The summed E-state index contributed by atoms with van der Waals surface area (Å²) in [6, 6.07) is 0. The highest BCUT2D eigenvalue weighted by molar-refractivity contribution is 5.78. The SMILES string of the molecule is CC(CCCN)C(=O)N(CCO)CC(F)F. The second kappa shape index (κ2) is 8.41. The summed E-state index contributed by atoms with van der Waals surface area (Å²) in [5.41, 5.74) is 5.31. The maximum absolute atomic E-state index is 12.2. The largest absolute Gasteiger partial charge is 0.395 e. The molecule has 4 nitrogen and oxygen atoms in total. The van der Waals surface area contributed by atoms with Gasteiger partial charge in [0.15, 0.2) is 0 Å². The lowest BCUT2D eigenvalue weighted by molar-refractivity contribution is -0.137. The predicted octanol–water partition coefficient (Wildman–Crippen LogP) is 0.447. The van der Waals surface area contributed by atoms with Crippen LogP contribution in [-0.2, 0) is 4.79 Å². The minimum atomic E-state index is -2.57. The normalized spacial score (nSPS) is 12.9. The first kappa shape index (κ1) is 15.2. The molecule has 0 aromatic carbocycles. The van der Waals surface area contributed by atoms with Gasteiger partial charge in [-0.3, -0.25) is 4.79 Å². The highest BCUT2D eigenvalue weighted by atomic mass is 19.3. The van der Waals surface area contributed by atoms with Gasteiger partial charge in [0.1, 0.15) is 0 Å². The van der Waals surface area contributed by atoms with E-state index in [-0.39, 0.29) is 25.0 Å². The minimum absolute atomic E-state index is 0.0455. The third-order valence-corrected chi connectivity index (χ3v) is 2.30. The number of alkyl halides is 2. The number of hydrogen-bond donors (Lipinski definition) is 2. The van der Waals surface area contributed by atoms with E-state index in [1.165, 1.54) is 0 Å². The summed E-state index contributed by atoms with van der Waals surface area (Å²) in [4.78, 5) is 12.7. The number of hydrogen-bond acceptors (Lipinski definition) is 3. The van der Waals surface area contributed by atoms with Gasteiger partial charge in [-0.1, -0.05) is 6.92 Å². The molecule has 0 aromatic heterocycles. The molecule has 0 rings (SSSR count). The first-order chi connectivity index (χ1) is 7.52. The lowest BCUT2D eigenvalue weighted by atomic mass is 10.0. The van der Waals surface area contributed by atoms with Crippen LogP contribution in [0.15, 0.2) is 0 Å². The number of halogens is 2. The zero-order valence-electron chi connectivity index (χ0n) is 9.53. The number of aliphatic hydroxyl groups excluding tert-OH is 1. The number of rotatable bonds is 8. The molecule has 0 radical (unpaired) electrons. The van der Waals surface area contributed by atoms with Crippen LogP contribution in [0.4, 0.5) is 8.78 Å². The Bertz CT molecular complexity index is 203. The second-order valence-corrected chi connectivity index (χ2v) is 3.73. The molecular formula is C10H20F2N2O2. The molecule has 0 heterocycles. The average Bonchev–Trinajstić information content (AvgIpc) is 2.23. The summed E-state index contributed by atoms with van der Waals surface area (Å²) in [7, 11) is 0. The van der Waals surface area contributed by atoms with Crippen LogP contribution in [0.5, 0.6) is 0 Å². The van der Waals surface area contributed by atoms with Crippen molar-refractivity contribution in [1.29, 1.82) is 0 Å². The molecule has 16 heavy (non-hydrogen) atoms. The molecule has 0 aromatic rings. The third-order valence-electron chi connectivity index (χ3n) is 2.30. The molecule has 0 aliphatic rings. The maximum atomic E-state index is 12.2. The monoisotopic (exact) mass is 238 g/mol. The maximum Gasteiger partial charge on any atom is 0.255 e. The van der Waals surface area contributed by atoms with Crippen LogP contribution in [0, 0.1) is 5.92 Å². The van der Waals surface area contributed by atoms with Crippen molar-refractivity contribution >= 4 is 5.91 Å². The zero-order chi connectivity index (χ0) is 12.6. The third kappa shape index (κ3) is 5.97.